The van der Waals surface area contributed by atoms with Crippen LogP contribution in [0.4, 0.5) is 0 Å². The van der Waals surface area contributed by atoms with E-state index in [2.05, 4.69) is 6.58 Å². The number of carbonyl (C=O) groups is 2. The van der Waals surface area contributed by atoms with Gasteiger partial charge in [0.2, 0.25) is 5.91 Å². The molecule has 4 nitrogen and oxygen atoms in total. The Bertz CT molecular complexity index is 212. The van der Waals surface area contributed by atoms with Gasteiger partial charge < -0.3 is 9.64 Å². The summed E-state index contributed by atoms with van der Waals surface area (Å²) in [6.45, 7) is 3.99. The molecular formula is C8H11NO3. The van der Waals surface area contributed by atoms with Gasteiger partial charge in [0.25, 0.3) is 0 Å². The number of likely N-dealkylation sites (tertiary alicyclic amines) is 1. The van der Waals surface area contributed by atoms with Crippen molar-refractivity contribution in [3.63, 3.8) is 0 Å². The molecule has 0 aliphatic carbocycles. The Hall–Kier alpha value is -1.32. The van der Waals surface area contributed by atoms with E-state index in [1.54, 1.807) is 0 Å². The summed E-state index contributed by atoms with van der Waals surface area (Å²) in [5.74, 6) is -0.443. The number of hydrogen-bond donors (Lipinski definition) is 0. The van der Waals surface area contributed by atoms with Crippen molar-refractivity contribution in [2.45, 2.75) is 12.8 Å². The molecule has 1 aliphatic heterocycles. The highest BCUT2D eigenvalue weighted by Crippen LogP contribution is 2.08. The van der Waals surface area contributed by atoms with Gasteiger partial charge in [-0.15, -0.1) is 0 Å². The Morgan fingerprint density at radius 1 is 1.75 bits per heavy atom. The van der Waals surface area contributed by atoms with Crippen molar-refractivity contribution in [3.8, 4) is 0 Å². The minimum absolute atomic E-state index is 0.0480. The molecule has 1 rings (SSSR count). The van der Waals surface area contributed by atoms with E-state index in [-0.39, 0.29) is 12.6 Å². The monoisotopic (exact) mass is 169 g/mol. The first kappa shape index (κ1) is 8.77. The van der Waals surface area contributed by atoms with E-state index in [0.717, 1.165) is 12.5 Å². The first-order chi connectivity index (χ1) is 5.74. The lowest BCUT2D eigenvalue weighted by Crippen LogP contribution is -2.28. The van der Waals surface area contributed by atoms with Gasteiger partial charge in [0.1, 0.15) is 0 Å². The highest BCUT2D eigenvalue weighted by Gasteiger charge is 2.20. The van der Waals surface area contributed by atoms with Crippen LogP contribution in [0.25, 0.3) is 0 Å². The van der Waals surface area contributed by atoms with Crippen LogP contribution < -0.4 is 0 Å². The number of amides is 1. The second kappa shape index (κ2) is 3.90. The van der Waals surface area contributed by atoms with Crippen molar-refractivity contribution in [1.82, 2.24) is 4.90 Å². The minimum atomic E-state index is -0.491. The third-order valence-corrected chi connectivity index (χ3v) is 1.70. The van der Waals surface area contributed by atoms with Crippen LogP contribution in [0.15, 0.2) is 12.7 Å². The number of hydrogen-bond acceptors (Lipinski definition) is 3. The van der Waals surface area contributed by atoms with Crippen molar-refractivity contribution in [2.24, 2.45) is 0 Å². The van der Waals surface area contributed by atoms with Gasteiger partial charge >= 0.3 is 5.97 Å². The molecule has 1 heterocycles. The van der Waals surface area contributed by atoms with E-state index in [1.807, 2.05) is 0 Å². The molecule has 0 N–H and O–H groups in total. The average molecular weight is 169 g/mol. The molecule has 1 fully saturated rings. The van der Waals surface area contributed by atoms with E-state index < -0.39 is 5.97 Å². The molecule has 0 aromatic rings. The van der Waals surface area contributed by atoms with Crippen LogP contribution >= 0.6 is 0 Å². The summed E-state index contributed by atoms with van der Waals surface area (Å²) in [4.78, 5) is 23.1. The number of ether oxygens (including phenoxy) is 1. The van der Waals surface area contributed by atoms with Gasteiger partial charge in [0.15, 0.2) is 6.73 Å². The van der Waals surface area contributed by atoms with Gasteiger partial charge in [0, 0.05) is 19.0 Å². The van der Waals surface area contributed by atoms with Crippen molar-refractivity contribution in [2.75, 3.05) is 13.3 Å². The molecule has 0 spiro atoms. The number of rotatable bonds is 3. The molecule has 0 aromatic heterocycles. The maximum atomic E-state index is 11.0. The lowest BCUT2D eigenvalue weighted by Gasteiger charge is -2.13. The molecule has 1 saturated heterocycles. The fourth-order valence-corrected chi connectivity index (χ4v) is 1.04. The number of carbonyl (C=O) groups excluding carboxylic acids is 2. The molecule has 0 radical (unpaired) electrons. The smallest absolute Gasteiger partial charge is 0.331 e. The zero-order valence-electron chi connectivity index (χ0n) is 6.78. The van der Waals surface area contributed by atoms with Crippen LogP contribution in [0, 0.1) is 0 Å². The molecule has 0 bridgehead atoms. The second-order valence-corrected chi connectivity index (χ2v) is 2.56. The molecule has 12 heavy (non-hydrogen) atoms. The summed E-state index contributed by atoms with van der Waals surface area (Å²) in [7, 11) is 0. The molecule has 1 amide bonds. The van der Waals surface area contributed by atoms with Crippen LogP contribution in [0.1, 0.15) is 12.8 Å². The fraction of sp³-hybridized carbons (Fsp3) is 0.500. The van der Waals surface area contributed by atoms with Gasteiger partial charge in [-0.2, -0.15) is 0 Å². The Morgan fingerprint density at radius 3 is 3.00 bits per heavy atom. The Labute approximate surface area is 70.8 Å². The largest absolute Gasteiger partial charge is 0.441 e. The van der Waals surface area contributed by atoms with Gasteiger partial charge in [-0.25, -0.2) is 4.79 Å². The summed E-state index contributed by atoms with van der Waals surface area (Å²) >= 11 is 0. The zero-order valence-corrected chi connectivity index (χ0v) is 6.78. The zero-order chi connectivity index (χ0) is 8.97. The first-order valence-electron chi connectivity index (χ1n) is 3.81. The van der Waals surface area contributed by atoms with Gasteiger partial charge in [0.05, 0.1) is 0 Å². The number of esters is 1. The lowest BCUT2D eigenvalue weighted by molar-refractivity contribution is -0.146. The maximum absolute atomic E-state index is 11.0. The van der Waals surface area contributed by atoms with Crippen LogP contribution in [0.3, 0.4) is 0 Å². The van der Waals surface area contributed by atoms with E-state index in [4.69, 9.17) is 4.74 Å². The maximum Gasteiger partial charge on any atom is 0.331 e. The van der Waals surface area contributed by atoms with E-state index in [9.17, 15) is 9.59 Å². The summed E-state index contributed by atoms with van der Waals surface area (Å²) in [5.41, 5.74) is 0. The average Bonchev–Trinajstić information content (AvgIpc) is 2.47. The highest BCUT2D eigenvalue weighted by atomic mass is 16.5. The van der Waals surface area contributed by atoms with Gasteiger partial charge in [-0.05, 0) is 6.42 Å². The van der Waals surface area contributed by atoms with Crippen molar-refractivity contribution in [1.29, 1.82) is 0 Å². The lowest BCUT2D eigenvalue weighted by atomic mass is 10.4. The summed E-state index contributed by atoms with van der Waals surface area (Å²) in [6, 6.07) is 0. The molecule has 66 valence electrons. The Balaban J connectivity index is 2.27. The topological polar surface area (TPSA) is 46.6 Å². The molecule has 1 aliphatic rings. The third-order valence-electron chi connectivity index (χ3n) is 1.70. The minimum Gasteiger partial charge on any atom is -0.441 e. The number of nitrogens with zero attached hydrogens (tertiary/aromatic N) is 1. The van der Waals surface area contributed by atoms with Gasteiger partial charge in [-0.1, -0.05) is 6.58 Å². The fourth-order valence-electron chi connectivity index (χ4n) is 1.04. The molecule has 0 atom stereocenters. The summed E-state index contributed by atoms with van der Waals surface area (Å²) < 4.78 is 4.69. The second-order valence-electron chi connectivity index (χ2n) is 2.56. The normalized spacial score (nSPS) is 16.3. The van der Waals surface area contributed by atoms with Crippen LogP contribution in [-0.2, 0) is 14.3 Å². The molecule has 0 aromatic carbocycles. The Morgan fingerprint density at radius 2 is 2.50 bits per heavy atom. The predicted molar refractivity (Wildman–Crippen MR) is 42.1 cm³/mol. The van der Waals surface area contributed by atoms with E-state index in [0.29, 0.717) is 13.0 Å². The van der Waals surface area contributed by atoms with Crippen molar-refractivity contribution < 1.29 is 14.3 Å². The SMILES string of the molecule is C=CC(=O)OCN1CCCC1=O. The van der Waals surface area contributed by atoms with E-state index in [1.165, 1.54) is 4.90 Å². The van der Waals surface area contributed by atoms with Crippen molar-refractivity contribution >= 4 is 11.9 Å². The van der Waals surface area contributed by atoms with Crippen LogP contribution in [0.5, 0.6) is 0 Å². The Kier molecular flexibility index (Phi) is 2.85. The highest BCUT2D eigenvalue weighted by molar-refractivity contribution is 5.82. The predicted octanol–water partition coefficient (Wildman–Crippen LogP) is 0.295. The van der Waals surface area contributed by atoms with Crippen molar-refractivity contribution in [3.05, 3.63) is 12.7 Å². The third kappa shape index (κ3) is 2.08. The molecule has 0 unspecified atom stereocenters. The molecule has 0 saturated carbocycles. The first-order valence-corrected chi connectivity index (χ1v) is 3.81. The summed E-state index contributed by atoms with van der Waals surface area (Å²) in [6.07, 6.45) is 2.50. The van der Waals surface area contributed by atoms with Crippen LogP contribution in [-0.4, -0.2) is 30.1 Å². The van der Waals surface area contributed by atoms with Crippen LogP contribution in [0.2, 0.25) is 0 Å². The summed E-state index contributed by atoms with van der Waals surface area (Å²) in [5, 5.41) is 0. The standard InChI is InChI=1S/C8H11NO3/c1-2-8(11)12-6-9-5-3-4-7(9)10/h2H,1,3-6H2. The quantitative estimate of drug-likeness (QED) is 0.450. The molecule has 4 heteroatoms. The van der Waals surface area contributed by atoms with E-state index >= 15 is 0 Å². The molecular weight excluding hydrogens is 158 g/mol. The van der Waals surface area contributed by atoms with Gasteiger partial charge in [-0.3, -0.25) is 4.79 Å².